The Labute approximate surface area is 143 Å². The fraction of sp³-hybridized carbons (Fsp3) is 0.750. The largest absolute Gasteiger partial charge is 0.355 e. The molecule has 0 saturated heterocycles. The first-order valence-electron chi connectivity index (χ1n) is 8.71. The van der Waals surface area contributed by atoms with Crippen LogP contribution >= 0.6 is 0 Å². The Morgan fingerprint density at radius 3 is 2.83 bits per heavy atom. The molecule has 1 aliphatic carbocycles. The van der Waals surface area contributed by atoms with Crippen molar-refractivity contribution < 1.29 is 4.79 Å². The van der Waals surface area contributed by atoms with Crippen molar-refractivity contribution in [3.8, 4) is 0 Å². The first-order chi connectivity index (χ1) is 11.6. The van der Waals surface area contributed by atoms with E-state index < -0.39 is 0 Å². The quantitative estimate of drug-likeness (QED) is 0.556. The molecule has 1 saturated carbocycles. The van der Waals surface area contributed by atoms with Gasteiger partial charge in [-0.1, -0.05) is 19.8 Å². The zero-order valence-corrected chi connectivity index (χ0v) is 15.0. The number of guanidine groups is 1. The molecule has 8 heteroatoms. The third-order valence-corrected chi connectivity index (χ3v) is 4.22. The number of carbonyl (C=O) groups excluding carboxylic acids is 1. The number of aromatic nitrogens is 3. The van der Waals surface area contributed by atoms with Gasteiger partial charge in [0.2, 0.25) is 5.91 Å². The lowest BCUT2D eigenvalue weighted by Crippen LogP contribution is -2.44. The van der Waals surface area contributed by atoms with Crippen molar-refractivity contribution in [2.45, 2.75) is 51.6 Å². The van der Waals surface area contributed by atoms with Crippen molar-refractivity contribution in [3.63, 3.8) is 0 Å². The predicted molar refractivity (Wildman–Crippen MR) is 93.8 cm³/mol. The van der Waals surface area contributed by atoms with E-state index >= 15 is 0 Å². The molecular formula is C16H29N7O. The van der Waals surface area contributed by atoms with Gasteiger partial charge in [0, 0.05) is 39.6 Å². The summed E-state index contributed by atoms with van der Waals surface area (Å²) in [5.41, 5.74) is 0. The van der Waals surface area contributed by atoms with E-state index in [1.54, 1.807) is 25.3 Å². The smallest absolute Gasteiger partial charge is 0.243 e. The van der Waals surface area contributed by atoms with Crippen LogP contribution in [0, 0.1) is 0 Å². The van der Waals surface area contributed by atoms with Crippen LogP contribution in [-0.4, -0.2) is 64.8 Å². The molecule has 1 heterocycles. The Kier molecular flexibility index (Phi) is 7.02. The Morgan fingerprint density at radius 2 is 2.17 bits per heavy atom. The van der Waals surface area contributed by atoms with Crippen LogP contribution < -0.4 is 10.6 Å². The van der Waals surface area contributed by atoms with Crippen LogP contribution in [0.2, 0.25) is 0 Å². The van der Waals surface area contributed by atoms with E-state index in [0.29, 0.717) is 18.5 Å². The van der Waals surface area contributed by atoms with Crippen LogP contribution in [0.15, 0.2) is 11.3 Å². The lowest BCUT2D eigenvalue weighted by Gasteiger charge is -2.18. The second kappa shape index (κ2) is 9.24. The molecule has 0 unspecified atom stereocenters. The van der Waals surface area contributed by atoms with Gasteiger partial charge in [0.05, 0.1) is 0 Å². The number of hydrogen-bond donors (Lipinski definition) is 2. The summed E-state index contributed by atoms with van der Waals surface area (Å²) in [4.78, 5) is 17.8. The summed E-state index contributed by atoms with van der Waals surface area (Å²) in [6, 6.07) is 0.451. The van der Waals surface area contributed by atoms with Crippen LogP contribution in [0.3, 0.4) is 0 Å². The highest BCUT2D eigenvalue weighted by atomic mass is 16.2. The van der Waals surface area contributed by atoms with Crippen molar-refractivity contribution in [2.75, 3.05) is 27.2 Å². The number of nitrogens with one attached hydrogen (secondary N) is 2. The first kappa shape index (κ1) is 18.2. The molecule has 1 fully saturated rings. The zero-order valence-electron chi connectivity index (χ0n) is 15.0. The fourth-order valence-electron chi connectivity index (χ4n) is 2.74. The van der Waals surface area contributed by atoms with Gasteiger partial charge in [-0.05, 0) is 12.8 Å². The van der Waals surface area contributed by atoms with Crippen molar-refractivity contribution in [2.24, 2.45) is 4.99 Å². The lowest BCUT2D eigenvalue weighted by atomic mass is 10.2. The van der Waals surface area contributed by atoms with E-state index in [-0.39, 0.29) is 12.5 Å². The molecule has 2 rings (SSSR count). The number of rotatable bonds is 7. The van der Waals surface area contributed by atoms with Gasteiger partial charge in [-0.15, -0.1) is 10.2 Å². The van der Waals surface area contributed by atoms with E-state index in [0.717, 1.165) is 31.6 Å². The summed E-state index contributed by atoms with van der Waals surface area (Å²) >= 11 is 0. The first-order valence-corrected chi connectivity index (χ1v) is 8.71. The molecule has 24 heavy (non-hydrogen) atoms. The average Bonchev–Trinajstić information content (AvgIpc) is 3.23. The molecule has 134 valence electrons. The Hall–Kier alpha value is -2.12. The van der Waals surface area contributed by atoms with Gasteiger partial charge >= 0.3 is 0 Å². The van der Waals surface area contributed by atoms with Crippen LogP contribution in [0.5, 0.6) is 0 Å². The van der Waals surface area contributed by atoms with Crippen LogP contribution in [0.25, 0.3) is 0 Å². The monoisotopic (exact) mass is 335 g/mol. The van der Waals surface area contributed by atoms with Gasteiger partial charge in [-0.2, -0.15) is 0 Å². The third-order valence-electron chi connectivity index (χ3n) is 4.22. The maximum absolute atomic E-state index is 11.8. The van der Waals surface area contributed by atoms with Crippen molar-refractivity contribution in [1.29, 1.82) is 0 Å². The van der Waals surface area contributed by atoms with Crippen LogP contribution in [0.1, 0.15) is 38.4 Å². The van der Waals surface area contributed by atoms with E-state index in [9.17, 15) is 4.79 Å². The summed E-state index contributed by atoms with van der Waals surface area (Å²) in [5, 5.41) is 14.8. The third kappa shape index (κ3) is 5.50. The highest BCUT2D eigenvalue weighted by molar-refractivity contribution is 5.84. The molecular weight excluding hydrogens is 306 g/mol. The summed E-state index contributed by atoms with van der Waals surface area (Å²) in [6.07, 6.45) is 7.43. The van der Waals surface area contributed by atoms with Crippen LogP contribution in [0.4, 0.5) is 0 Å². The van der Waals surface area contributed by atoms with Gasteiger partial charge < -0.3 is 20.1 Å². The summed E-state index contributed by atoms with van der Waals surface area (Å²) in [6.45, 7) is 3.69. The Bertz CT molecular complexity index is 546. The van der Waals surface area contributed by atoms with Crippen molar-refractivity contribution >= 4 is 11.9 Å². The number of carbonyl (C=O) groups is 1. The summed E-state index contributed by atoms with van der Waals surface area (Å²) in [5.74, 6) is 1.68. The minimum atomic E-state index is -0.00500. The maximum Gasteiger partial charge on any atom is 0.243 e. The number of aliphatic imine (C=N–C) groups is 1. The molecule has 1 aliphatic rings. The standard InChI is InChI=1S/C16H29N7O/c1-4-14-21-19-12-23(14)10-9-17-16(18-11-15(24)22(2)3)20-13-7-5-6-8-13/h12-13H,4-11H2,1-3H3,(H2,17,18,20). The zero-order chi connectivity index (χ0) is 17.4. The molecule has 8 nitrogen and oxygen atoms in total. The number of nitrogens with zero attached hydrogens (tertiary/aromatic N) is 5. The van der Waals surface area contributed by atoms with Gasteiger partial charge in [-0.25, -0.2) is 4.99 Å². The molecule has 1 aromatic rings. The average molecular weight is 335 g/mol. The molecule has 0 bridgehead atoms. The molecule has 0 aromatic carbocycles. The van der Waals surface area contributed by atoms with Gasteiger partial charge in [-0.3, -0.25) is 4.79 Å². The molecule has 0 aliphatic heterocycles. The predicted octanol–water partition coefficient (Wildman–Crippen LogP) is 0.407. The van der Waals surface area contributed by atoms with Gasteiger partial charge in [0.25, 0.3) is 0 Å². The van der Waals surface area contributed by atoms with E-state index in [2.05, 4.69) is 32.7 Å². The molecule has 1 amide bonds. The normalized spacial score (nSPS) is 15.5. The number of aryl methyl sites for hydroxylation is 1. The maximum atomic E-state index is 11.8. The molecule has 0 radical (unpaired) electrons. The van der Waals surface area contributed by atoms with Gasteiger partial charge in [0.1, 0.15) is 18.7 Å². The number of hydrogen-bond acceptors (Lipinski definition) is 4. The SMILES string of the molecule is CCc1nncn1CCNC(=NCC(=O)N(C)C)NC1CCCC1. The Balaban J connectivity index is 1.89. The molecule has 0 atom stereocenters. The second-order valence-electron chi connectivity index (χ2n) is 6.30. The van der Waals surface area contributed by atoms with E-state index in [4.69, 9.17) is 0 Å². The highest BCUT2D eigenvalue weighted by Crippen LogP contribution is 2.17. The summed E-state index contributed by atoms with van der Waals surface area (Å²) < 4.78 is 2.03. The highest BCUT2D eigenvalue weighted by Gasteiger charge is 2.16. The minimum Gasteiger partial charge on any atom is -0.355 e. The molecule has 1 aromatic heterocycles. The number of likely N-dealkylation sites (N-methyl/N-ethyl adjacent to an activating group) is 1. The Morgan fingerprint density at radius 1 is 1.42 bits per heavy atom. The topological polar surface area (TPSA) is 87.4 Å². The molecule has 0 spiro atoms. The summed E-state index contributed by atoms with van der Waals surface area (Å²) in [7, 11) is 3.49. The van der Waals surface area contributed by atoms with Crippen molar-refractivity contribution in [3.05, 3.63) is 12.2 Å². The number of amides is 1. The fourth-order valence-corrected chi connectivity index (χ4v) is 2.74. The van der Waals surface area contributed by atoms with E-state index in [1.165, 1.54) is 12.8 Å². The lowest BCUT2D eigenvalue weighted by molar-refractivity contribution is -0.127. The second-order valence-corrected chi connectivity index (χ2v) is 6.30. The van der Waals surface area contributed by atoms with Crippen LogP contribution in [-0.2, 0) is 17.8 Å². The minimum absolute atomic E-state index is 0.00500. The van der Waals surface area contributed by atoms with Gasteiger partial charge in [0.15, 0.2) is 5.96 Å². The van der Waals surface area contributed by atoms with Crippen molar-refractivity contribution in [1.82, 2.24) is 30.3 Å². The van der Waals surface area contributed by atoms with E-state index in [1.807, 2.05) is 4.57 Å². The molecule has 2 N–H and O–H groups in total.